The van der Waals surface area contributed by atoms with E-state index in [1.165, 1.54) is 11.5 Å². The van der Waals surface area contributed by atoms with Gasteiger partial charge in [-0.15, -0.1) is 0 Å². The van der Waals surface area contributed by atoms with Gasteiger partial charge in [0.2, 0.25) is 0 Å². The minimum absolute atomic E-state index is 1.02. The third-order valence-electron chi connectivity index (χ3n) is 0.804. The van der Waals surface area contributed by atoms with E-state index in [2.05, 4.69) is 11.3 Å². The molecule has 5 nitrogen and oxygen atoms in total. The molecule has 1 aromatic rings. The quantitative estimate of drug-likeness (QED) is 0.380. The van der Waals surface area contributed by atoms with Crippen molar-refractivity contribution in [3.8, 4) is 0 Å². The highest BCUT2D eigenvalue weighted by atomic mass is 127. The fourth-order valence-corrected chi connectivity index (χ4v) is 0.914. The highest BCUT2D eigenvalue weighted by molar-refractivity contribution is 7.02. The number of rotatable bonds is 1. The summed E-state index contributed by atoms with van der Waals surface area (Å²) in [7, 11) is 0. The molecule has 0 aromatic carbocycles. The second-order valence-corrected chi connectivity index (χ2v) is 3.16. The summed E-state index contributed by atoms with van der Waals surface area (Å²) in [5, 5.41) is 0. The summed E-state index contributed by atoms with van der Waals surface area (Å²) >= 11 is -2.54. The fourth-order valence-electron chi connectivity index (χ4n) is 0.359. The zero-order chi connectivity index (χ0) is 8.69. The molecule has 0 spiro atoms. The molecule has 64 valence electrons. The molecule has 0 saturated carbocycles. The van der Waals surface area contributed by atoms with Gasteiger partial charge in [-0.25, -0.2) is 4.57 Å². The molecular formula is C4H7IN2O3S. The Morgan fingerprint density at radius 1 is 1.55 bits per heavy atom. The van der Waals surface area contributed by atoms with Gasteiger partial charge in [0.1, 0.15) is 11.5 Å². The van der Waals surface area contributed by atoms with Gasteiger partial charge in [0.05, 0.1) is 6.54 Å². The minimum atomic E-state index is -4.01. The van der Waals surface area contributed by atoms with Crippen LogP contribution in [0.5, 0.6) is 0 Å². The van der Waals surface area contributed by atoms with Crippen LogP contribution in [0.2, 0.25) is 0 Å². The Morgan fingerprint density at radius 3 is 2.27 bits per heavy atom. The SMILES string of the molecule is CC[n+]1cnsc1.[O-][I+2]([O-])[O-]. The van der Waals surface area contributed by atoms with Crippen LogP contribution in [-0.4, -0.2) is 4.37 Å². The molecule has 1 aromatic heterocycles. The Labute approximate surface area is 77.1 Å². The van der Waals surface area contributed by atoms with Gasteiger partial charge in [-0.2, -0.15) is 0 Å². The molecule has 0 bridgehead atoms. The van der Waals surface area contributed by atoms with Crippen molar-refractivity contribution in [1.82, 2.24) is 4.37 Å². The van der Waals surface area contributed by atoms with Crippen LogP contribution < -0.4 is 35.9 Å². The average molecular weight is 290 g/mol. The molecular weight excluding hydrogens is 283 g/mol. The Bertz CT molecular complexity index is 167. The van der Waals surface area contributed by atoms with Crippen LogP contribution in [0, 0.1) is 0 Å². The standard InChI is InChI=1S/C4H7N2S.IO3/c1-2-6-3-5-7-4-6;2-1(3)4/h3-4H,2H2,1H3;/q+1;-1. The molecule has 1 heterocycles. The maximum absolute atomic E-state index is 8.57. The summed E-state index contributed by atoms with van der Waals surface area (Å²) in [5.74, 6) is 0. The third kappa shape index (κ3) is 8.07. The first kappa shape index (κ1) is 11.2. The van der Waals surface area contributed by atoms with Crippen molar-refractivity contribution in [2.24, 2.45) is 0 Å². The van der Waals surface area contributed by atoms with Gasteiger partial charge in [0, 0.05) is 4.37 Å². The third-order valence-corrected chi connectivity index (χ3v) is 1.39. The van der Waals surface area contributed by atoms with Crippen LogP contribution in [0.15, 0.2) is 11.8 Å². The molecule has 0 aliphatic carbocycles. The number of nitrogens with zero attached hydrogens (tertiary/aromatic N) is 2. The van der Waals surface area contributed by atoms with Gasteiger partial charge in [-0.3, -0.25) is 0 Å². The molecule has 0 N–H and O–H groups in total. The van der Waals surface area contributed by atoms with E-state index in [4.69, 9.17) is 10.3 Å². The Kier molecular flexibility index (Phi) is 6.96. The van der Waals surface area contributed by atoms with Crippen molar-refractivity contribution in [1.29, 1.82) is 0 Å². The predicted molar refractivity (Wildman–Crippen MR) is 28.0 cm³/mol. The molecule has 0 saturated heterocycles. The summed E-state index contributed by atoms with van der Waals surface area (Å²) in [4.78, 5) is 0. The Morgan fingerprint density at radius 2 is 2.09 bits per heavy atom. The molecule has 0 amide bonds. The van der Waals surface area contributed by atoms with Crippen LogP contribution >= 0.6 is 11.5 Å². The van der Waals surface area contributed by atoms with E-state index in [9.17, 15) is 0 Å². The lowest BCUT2D eigenvalue weighted by molar-refractivity contribution is -1.73. The summed E-state index contributed by atoms with van der Waals surface area (Å²) in [6.07, 6.45) is 1.82. The van der Waals surface area contributed by atoms with E-state index < -0.39 is 21.1 Å². The van der Waals surface area contributed by atoms with Crippen LogP contribution in [0.25, 0.3) is 0 Å². The molecule has 1 rings (SSSR count). The summed E-state index contributed by atoms with van der Waals surface area (Å²) in [6.45, 7) is 3.12. The van der Waals surface area contributed by atoms with Crippen molar-refractivity contribution in [2.75, 3.05) is 0 Å². The summed E-state index contributed by atoms with van der Waals surface area (Å²) in [6, 6.07) is 0. The first-order valence-electron chi connectivity index (χ1n) is 2.68. The molecule has 0 unspecified atom stereocenters. The van der Waals surface area contributed by atoms with Gasteiger partial charge in [-0.05, 0) is 6.92 Å². The average Bonchev–Trinajstić information content (AvgIpc) is 2.36. The van der Waals surface area contributed by atoms with E-state index >= 15 is 0 Å². The van der Waals surface area contributed by atoms with Crippen LogP contribution in [0.1, 0.15) is 6.92 Å². The summed E-state index contributed by atoms with van der Waals surface area (Å²) < 4.78 is 31.7. The van der Waals surface area contributed by atoms with Crippen LogP contribution in [-0.2, 0) is 6.54 Å². The zero-order valence-corrected chi connectivity index (χ0v) is 8.74. The van der Waals surface area contributed by atoms with Crippen LogP contribution in [0.3, 0.4) is 0 Å². The monoisotopic (exact) mass is 290 g/mol. The fraction of sp³-hybridized carbons (Fsp3) is 0.500. The maximum Gasteiger partial charge on any atom is 0.301 e. The van der Waals surface area contributed by atoms with E-state index in [0.29, 0.717) is 0 Å². The van der Waals surface area contributed by atoms with Crippen LogP contribution in [0.4, 0.5) is 0 Å². The van der Waals surface area contributed by atoms with Gasteiger partial charge in [0.25, 0.3) is 21.1 Å². The highest BCUT2D eigenvalue weighted by Crippen LogP contribution is 1.77. The molecule has 0 aliphatic heterocycles. The van der Waals surface area contributed by atoms with Crippen molar-refractivity contribution in [2.45, 2.75) is 13.5 Å². The number of aromatic nitrogens is 2. The molecule has 0 atom stereocenters. The van der Waals surface area contributed by atoms with Crippen molar-refractivity contribution < 1.29 is 35.9 Å². The first-order valence-corrected chi connectivity index (χ1v) is 6.16. The minimum Gasteiger partial charge on any atom is -0.427 e. The second kappa shape index (κ2) is 6.85. The van der Waals surface area contributed by atoms with E-state index in [0.717, 1.165) is 6.54 Å². The molecule has 7 heteroatoms. The molecule has 0 fully saturated rings. The predicted octanol–water partition coefficient (Wildman–Crippen LogP) is -6.11. The highest BCUT2D eigenvalue weighted by Gasteiger charge is 1.90. The van der Waals surface area contributed by atoms with Gasteiger partial charge < -0.3 is 10.3 Å². The Hall–Kier alpha value is 0.170. The number of hydrogen-bond acceptors (Lipinski definition) is 5. The van der Waals surface area contributed by atoms with E-state index in [1.807, 2.05) is 16.4 Å². The number of aryl methyl sites for hydroxylation is 1. The van der Waals surface area contributed by atoms with E-state index in [1.54, 1.807) is 0 Å². The normalized spacial score (nSPS) is 9.18. The van der Waals surface area contributed by atoms with Gasteiger partial charge >= 0.3 is 6.33 Å². The summed E-state index contributed by atoms with van der Waals surface area (Å²) in [5.41, 5.74) is 1.99. The van der Waals surface area contributed by atoms with Crippen molar-refractivity contribution in [3.63, 3.8) is 0 Å². The largest absolute Gasteiger partial charge is 0.427 e. The number of hydrogen-bond donors (Lipinski definition) is 0. The molecule has 0 radical (unpaired) electrons. The zero-order valence-electron chi connectivity index (χ0n) is 5.77. The van der Waals surface area contributed by atoms with E-state index in [-0.39, 0.29) is 0 Å². The first-order chi connectivity index (χ1) is 5.16. The van der Waals surface area contributed by atoms with Crippen molar-refractivity contribution in [3.05, 3.63) is 11.8 Å². The van der Waals surface area contributed by atoms with Gasteiger partial charge in [0.15, 0.2) is 5.51 Å². The molecule has 11 heavy (non-hydrogen) atoms. The van der Waals surface area contributed by atoms with Gasteiger partial charge in [-0.1, -0.05) is 0 Å². The molecule has 0 aliphatic rings. The maximum atomic E-state index is 8.57. The lowest BCUT2D eigenvalue weighted by atomic mass is 10.7. The lowest BCUT2D eigenvalue weighted by Gasteiger charge is -1.84. The van der Waals surface area contributed by atoms with Crippen molar-refractivity contribution >= 4 is 11.5 Å². The Balaban J connectivity index is 0.000000218. The lowest BCUT2D eigenvalue weighted by Crippen LogP contribution is -4.05. The smallest absolute Gasteiger partial charge is 0.301 e. The second-order valence-electron chi connectivity index (χ2n) is 1.45. The topological polar surface area (TPSA) is 86.0 Å². The number of halogens is 1.